The normalized spacial score (nSPS) is 20.0. The van der Waals surface area contributed by atoms with Crippen molar-refractivity contribution in [3.8, 4) is 0 Å². The van der Waals surface area contributed by atoms with Crippen LogP contribution >= 0.6 is 20.7 Å². The van der Waals surface area contributed by atoms with Gasteiger partial charge in [-0.05, 0) is 16.9 Å². The van der Waals surface area contributed by atoms with E-state index in [2.05, 4.69) is 20.6 Å². The quantitative estimate of drug-likeness (QED) is 0.515. The van der Waals surface area contributed by atoms with Crippen molar-refractivity contribution in [2.75, 3.05) is 0 Å². The van der Waals surface area contributed by atoms with Crippen LogP contribution in [0.1, 0.15) is 6.42 Å². The van der Waals surface area contributed by atoms with Crippen molar-refractivity contribution in [1.82, 2.24) is 0 Å². The first-order valence-electron chi connectivity index (χ1n) is 1.92. The molecule has 0 bridgehead atoms. The Bertz CT molecular complexity index is 69.9. The first kappa shape index (κ1) is 4.50. The minimum atomic E-state index is 0.378. The van der Waals surface area contributed by atoms with Gasteiger partial charge in [-0.1, -0.05) is 30.8 Å². The van der Waals surface area contributed by atoms with E-state index in [1.165, 1.54) is 6.42 Å². The lowest BCUT2D eigenvalue weighted by Crippen LogP contribution is -1.71. The van der Waals surface area contributed by atoms with Crippen molar-refractivity contribution in [2.45, 2.75) is 6.42 Å². The van der Waals surface area contributed by atoms with Crippen molar-refractivity contribution in [1.29, 1.82) is 0 Å². The predicted octanol–water partition coefficient (Wildman–Crippen LogP) is 1.88. The fourth-order valence-corrected chi connectivity index (χ4v) is 1.74. The molecule has 0 saturated heterocycles. The first-order chi connectivity index (χ1) is 3.00. The summed E-state index contributed by atoms with van der Waals surface area (Å²) in [5, 5.41) is 0. The van der Waals surface area contributed by atoms with Crippen LogP contribution in [0.15, 0.2) is 10.2 Å². The zero-order valence-electron chi connectivity index (χ0n) is 3.39. The molecule has 33 valence electrons. The summed E-state index contributed by atoms with van der Waals surface area (Å²) in [7, 11) is 0. The molecule has 0 aliphatic carbocycles. The van der Waals surface area contributed by atoms with Gasteiger partial charge in [0.15, 0.2) is 0 Å². The number of allylic oxidation sites excluding steroid dienone is 1. The number of rotatable bonds is 0. The van der Waals surface area contributed by atoms with Gasteiger partial charge in [-0.2, -0.15) is 0 Å². The smallest absolute Gasteiger partial charge is 0.0121 e. The third kappa shape index (κ3) is 1.20. The molecule has 1 rings (SSSR count). The standard InChI is InChI=1S/C5H6I/c1-2-4-6-5-3-1/h1-2,4-5H,3H2. The molecular formula is C5H6I. The number of hydrogen-bond acceptors (Lipinski definition) is 0. The van der Waals surface area contributed by atoms with Crippen LogP contribution in [0, 0.1) is 6.42 Å². The lowest BCUT2D eigenvalue weighted by atomic mass is 10.3. The van der Waals surface area contributed by atoms with Gasteiger partial charge in [0.2, 0.25) is 0 Å². The SMILES string of the molecule is [CH]1C=CI=CC1. The average Bonchev–Trinajstić information content (AvgIpc) is 1.72. The van der Waals surface area contributed by atoms with Gasteiger partial charge >= 0.3 is 0 Å². The molecule has 0 aromatic rings. The van der Waals surface area contributed by atoms with Crippen LogP contribution in [0.2, 0.25) is 0 Å². The molecule has 0 nitrogen and oxygen atoms in total. The minimum Gasteiger partial charge on any atom is -0.0985 e. The second-order valence-electron chi connectivity index (χ2n) is 1.07. The van der Waals surface area contributed by atoms with Gasteiger partial charge in [-0.15, -0.1) is 0 Å². The molecule has 0 unspecified atom stereocenters. The van der Waals surface area contributed by atoms with Gasteiger partial charge in [0.1, 0.15) is 0 Å². The van der Waals surface area contributed by atoms with Crippen LogP contribution in [0.3, 0.4) is 0 Å². The zero-order valence-corrected chi connectivity index (χ0v) is 5.55. The second-order valence-corrected chi connectivity index (χ2v) is 3.39. The second kappa shape index (κ2) is 2.50. The minimum absolute atomic E-state index is 0.378. The maximum Gasteiger partial charge on any atom is -0.0121 e. The van der Waals surface area contributed by atoms with E-state index >= 15 is 0 Å². The maximum atomic E-state index is 2.36. The van der Waals surface area contributed by atoms with Gasteiger partial charge in [0, 0.05) is 0 Å². The summed E-state index contributed by atoms with van der Waals surface area (Å²) in [5.74, 6) is 0. The Kier molecular flexibility index (Phi) is 1.88. The molecule has 0 fully saturated rings. The van der Waals surface area contributed by atoms with Crippen LogP contribution in [0.25, 0.3) is 0 Å². The summed E-state index contributed by atoms with van der Waals surface area (Å²) < 4.78 is 4.63. The highest BCUT2D eigenvalue weighted by molar-refractivity contribution is 14.2. The monoisotopic (exact) mass is 193 g/mol. The molecule has 1 radical (unpaired) electrons. The molecule has 0 atom stereocenters. The van der Waals surface area contributed by atoms with Gasteiger partial charge < -0.3 is 0 Å². The van der Waals surface area contributed by atoms with E-state index in [1.54, 1.807) is 0 Å². The molecule has 0 aromatic carbocycles. The Balaban J connectivity index is 2.46. The third-order valence-electron chi connectivity index (χ3n) is 0.596. The number of halogens is 1. The van der Waals surface area contributed by atoms with Crippen LogP contribution in [0.4, 0.5) is 0 Å². The summed E-state index contributed by atoms with van der Waals surface area (Å²) in [6.07, 6.45) is 5.56. The molecule has 1 heteroatoms. The molecule has 6 heavy (non-hydrogen) atoms. The van der Waals surface area contributed by atoms with Crippen LogP contribution < -0.4 is 0 Å². The van der Waals surface area contributed by atoms with Gasteiger partial charge in [0.05, 0.1) is 0 Å². The van der Waals surface area contributed by atoms with Gasteiger partial charge in [-0.3, -0.25) is 0 Å². The largest absolute Gasteiger partial charge is 0.0985 e. The Morgan fingerprint density at radius 2 is 2.50 bits per heavy atom. The van der Waals surface area contributed by atoms with E-state index in [4.69, 9.17) is 0 Å². The Hall–Kier alpha value is 0.340. The third-order valence-corrected chi connectivity index (χ3v) is 2.44. The molecule has 1 aliphatic rings. The molecular weight excluding hydrogens is 187 g/mol. The van der Waals surface area contributed by atoms with Crippen molar-refractivity contribution in [3.63, 3.8) is 0 Å². The summed E-state index contributed by atoms with van der Waals surface area (Å²) in [6, 6.07) is 0. The van der Waals surface area contributed by atoms with Crippen LogP contribution in [-0.2, 0) is 0 Å². The van der Waals surface area contributed by atoms with Crippen LogP contribution in [0.5, 0.6) is 0 Å². The average molecular weight is 193 g/mol. The van der Waals surface area contributed by atoms with Crippen molar-refractivity contribution in [3.05, 3.63) is 16.6 Å². The van der Waals surface area contributed by atoms with E-state index in [1.807, 2.05) is 0 Å². The summed E-state index contributed by atoms with van der Waals surface area (Å²) >= 11 is 0.378. The van der Waals surface area contributed by atoms with Gasteiger partial charge in [0.25, 0.3) is 0 Å². The Morgan fingerprint density at radius 3 is 2.67 bits per heavy atom. The van der Waals surface area contributed by atoms with Crippen LogP contribution in [-0.4, -0.2) is 4.01 Å². The van der Waals surface area contributed by atoms with E-state index in [9.17, 15) is 0 Å². The van der Waals surface area contributed by atoms with Gasteiger partial charge in [-0.25, -0.2) is 0 Å². The number of hydrogen-bond donors (Lipinski definition) is 0. The molecule has 0 N–H and O–H groups in total. The van der Waals surface area contributed by atoms with E-state index in [0.717, 1.165) is 0 Å². The zero-order chi connectivity index (χ0) is 4.24. The molecule has 0 spiro atoms. The fraction of sp³-hybridized carbons (Fsp3) is 0.200. The molecule has 0 amide bonds. The van der Waals surface area contributed by atoms with E-state index < -0.39 is 0 Å². The topological polar surface area (TPSA) is 0 Å². The summed E-state index contributed by atoms with van der Waals surface area (Å²) in [4.78, 5) is 0. The first-order valence-corrected chi connectivity index (χ1v) is 4.41. The predicted molar refractivity (Wildman–Crippen MR) is 38.1 cm³/mol. The van der Waals surface area contributed by atoms with Crippen molar-refractivity contribution in [2.24, 2.45) is 0 Å². The fourth-order valence-electron chi connectivity index (χ4n) is 0.326. The Morgan fingerprint density at radius 1 is 1.50 bits per heavy atom. The highest BCUT2D eigenvalue weighted by atomic mass is 127. The molecule has 0 saturated carbocycles. The molecule has 1 aliphatic heterocycles. The lowest BCUT2D eigenvalue weighted by molar-refractivity contribution is 1.43. The van der Waals surface area contributed by atoms with Crippen molar-refractivity contribution >= 4 is 24.7 Å². The molecule has 1 heterocycles. The highest BCUT2D eigenvalue weighted by Gasteiger charge is 1.78. The molecule has 0 aromatic heterocycles. The maximum absolute atomic E-state index is 2.36. The highest BCUT2D eigenvalue weighted by Crippen LogP contribution is 2.05. The summed E-state index contributed by atoms with van der Waals surface area (Å²) in [5.41, 5.74) is 0. The van der Waals surface area contributed by atoms with Crippen molar-refractivity contribution < 1.29 is 0 Å². The Labute approximate surface area is 48.0 Å². The summed E-state index contributed by atoms with van der Waals surface area (Å²) in [6.45, 7) is 0. The van der Waals surface area contributed by atoms with E-state index in [0.29, 0.717) is 20.7 Å². The van der Waals surface area contributed by atoms with E-state index in [-0.39, 0.29) is 0 Å². The lowest BCUT2D eigenvalue weighted by Gasteiger charge is -1.86.